The molecule has 0 bridgehead atoms. The highest BCUT2D eigenvalue weighted by Gasteiger charge is 2.43. The van der Waals surface area contributed by atoms with Gasteiger partial charge >= 0.3 is 0 Å². The summed E-state index contributed by atoms with van der Waals surface area (Å²) in [6.45, 7) is 1.57. The first-order valence-electron chi connectivity index (χ1n) is 9.76. The number of aromatic nitrogens is 4. The molecule has 9 nitrogen and oxygen atoms in total. The summed E-state index contributed by atoms with van der Waals surface area (Å²) < 4.78 is 34.8. The van der Waals surface area contributed by atoms with Crippen molar-refractivity contribution in [2.75, 3.05) is 6.61 Å². The van der Waals surface area contributed by atoms with Gasteiger partial charge in [-0.15, -0.1) is 10.2 Å². The number of hydrogen-bond donors (Lipinski definition) is 2. The molecule has 171 valence electrons. The summed E-state index contributed by atoms with van der Waals surface area (Å²) in [6.07, 6.45) is -1.07. The van der Waals surface area contributed by atoms with Crippen LogP contribution in [0.25, 0.3) is 22.5 Å². The van der Waals surface area contributed by atoms with Crippen molar-refractivity contribution in [3.05, 3.63) is 58.5 Å². The second-order valence-corrected chi connectivity index (χ2v) is 7.90. The molecule has 12 heteroatoms. The summed E-state index contributed by atoms with van der Waals surface area (Å²) >= 11 is 6.04. The number of tetrazole rings is 1. The number of primary amides is 1. The average Bonchev–Trinajstić information content (AvgIpc) is 3.11. The van der Waals surface area contributed by atoms with Crippen molar-refractivity contribution in [3.8, 4) is 22.5 Å². The number of nitrogens with zero attached hydrogens (tertiary/aromatic N) is 4. The lowest BCUT2D eigenvalue weighted by molar-refractivity contribution is -0.144. The molecule has 3 aromatic rings. The van der Waals surface area contributed by atoms with Gasteiger partial charge in [-0.1, -0.05) is 23.7 Å². The van der Waals surface area contributed by atoms with Gasteiger partial charge in [0.2, 0.25) is 17.6 Å². The normalized spacial score (nSPS) is 16.8. The van der Waals surface area contributed by atoms with Crippen LogP contribution in [0.15, 0.2) is 30.3 Å². The van der Waals surface area contributed by atoms with E-state index in [4.69, 9.17) is 22.1 Å². The molecule has 1 aliphatic heterocycles. The smallest absolute Gasteiger partial charge is 0.247 e. The summed E-state index contributed by atoms with van der Waals surface area (Å²) in [7, 11) is 1.54. The minimum Gasteiger partial charge on any atom is -0.367 e. The largest absolute Gasteiger partial charge is 0.367 e. The van der Waals surface area contributed by atoms with E-state index < -0.39 is 35.6 Å². The van der Waals surface area contributed by atoms with Gasteiger partial charge in [-0.3, -0.25) is 9.59 Å². The molecular formula is C21H18ClF2N6O3. The summed E-state index contributed by atoms with van der Waals surface area (Å²) in [6, 6.07) is 6.10. The number of hydrogen-bond acceptors (Lipinski definition) is 6. The molecule has 0 saturated carbocycles. The highest BCUT2D eigenvalue weighted by atomic mass is 35.5. The molecule has 2 atom stereocenters. The predicted octanol–water partition coefficient (Wildman–Crippen LogP) is 2.11. The fourth-order valence-corrected chi connectivity index (χ4v) is 3.72. The Balaban J connectivity index is 1.62. The molecule has 2 amide bonds. The van der Waals surface area contributed by atoms with E-state index in [0.717, 1.165) is 6.07 Å². The highest BCUT2D eigenvalue weighted by Crippen LogP contribution is 2.36. The Morgan fingerprint density at radius 1 is 1.27 bits per heavy atom. The van der Waals surface area contributed by atoms with Crippen molar-refractivity contribution >= 4 is 23.4 Å². The van der Waals surface area contributed by atoms with Gasteiger partial charge in [0.1, 0.15) is 17.6 Å². The van der Waals surface area contributed by atoms with E-state index in [1.165, 1.54) is 30.0 Å². The van der Waals surface area contributed by atoms with E-state index in [9.17, 15) is 14.0 Å². The van der Waals surface area contributed by atoms with Crippen LogP contribution in [0.3, 0.4) is 0 Å². The fourth-order valence-electron chi connectivity index (χ4n) is 3.51. The van der Waals surface area contributed by atoms with Crippen molar-refractivity contribution in [2.45, 2.75) is 19.1 Å². The number of nitrogens with two attached hydrogens (primary N) is 1. The molecule has 1 aromatic heterocycles. The molecule has 1 fully saturated rings. The van der Waals surface area contributed by atoms with Crippen molar-refractivity contribution in [3.63, 3.8) is 0 Å². The number of carbonyl (C=O) groups excluding carboxylic acids is 2. The average molecular weight is 476 g/mol. The minimum absolute atomic E-state index is 0.0207. The zero-order chi connectivity index (χ0) is 23.9. The summed E-state index contributed by atoms with van der Waals surface area (Å²) in [4.78, 5) is 24.8. The van der Waals surface area contributed by atoms with Crippen molar-refractivity contribution in [1.82, 2.24) is 25.5 Å². The third-order valence-electron chi connectivity index (χ3n) is 5.18. The van der Waals surface area contributed by atoms with Gasteiger partial charge in [0.05, 0.1) is 25.3 Å². The molecule has 1 aliphatic rings. The van der Waals surface area contributed by atoms with Crippen molar-refractivity contribution in [1.29, 1.82) is 0 Å². The lowest BCUT2D eigenvalue weighted by atomic mass is 9.94. The van der Waals surface area contributed by atoms with E-state index in [1.54, 1.807) is 13.0 Å². The second kappa shape index (κ2) is 8.83. The number of amides is 2. The van der Waals surface area contributed by atoms with E-state index in [-0.39, 0.29) is 40.1 Å². The lowest BCUT2D eigenvalue weighted by Gasteiger charge is -2.33. The van der Waals surface area contributed by atoms with Gasteiger partial charge < -0.3 is 15.8 Å². The van der Waals surface area contributed by atoms with Gasteiger partial charge in [0.25, 0.3) is 0 Å². The summed E-state index contributed by atoms with van der Waals surface area (Å²) in [5.74, 6) is -2.43. The third-order valence-corrected chi connectivity index (χ3v) is 5.40. The number of aryl methyl sites for hydroxylation is 1. The Morgan fingerprint density at radius 2 is 2.03 bits per heavy atom. The van der Waals surface area contributed by atoms with Crippen LogP contribution in [-0.2, 0) is 21.4 Å². The highest BCUT2D eigenvalue weighted by molar-refractivity contribution is 6.31. The van der Waals surface area contributed by atoms with Crippen LogP contribution in [0.4, 0.5) is 8.78 Å². The van der Waals surface area contributed by atoms with E-state index >= 15 is 4.39 Å². The Labute approximate surface area is 191 Å². The number of benzene rings is 2. The maximum Gasteiger partial charge on any atom is 0.247 e. The van der Waals surface area contributed by atoms with Gasteiger partial charge in [0.15, 0.2) is 6.10 Å². The van der Waals surface area contributed by atoms with Crippen LogP contribution in [0.2, 0.25) is 5.02 Å². The molecule has 2 aromatic carbocycles. The van der Waals surface area contributed by atoms with E-state index in [2.05, 4.69) is 20.7 Å². The molecule has 1 radical (unpaired) electrons. The van der Waals surface area contributed by atoms with Crippen LogP contribution in [0, 0.1) is 17.6 Å². The Morgan fingerprint density at radius 3 is 2.61 bits per heavy atom. The van der Waals surface area contributed by atoms with Crippen LogP contribution >= 0.6 is 11.6 Å². The minimum atomic E-state index is -1.07. The van der Waals surface area contributed by atoms with E-state index in [0.29, 0.717) is 5.56 Å². The Hall–Kier alpha value is -3.44. The summed E-state index contributed by atoms with van der Waals surface area (Å²) in [5, 5.41) is 14.3. The maximum absolute atomic E-state index is 15.0. The lowest BCUT2D eigenvalue weighted by Crippen LogP contribution is -2.54. The topological polar surface area (TPSA) is 125 Å². The quantitative estimate of drug-likeness (QED) is 0.562. The van der Waals surface area contributed by atoms with Crippen LogP contribution in [0.1, 0.15) is 18.5 Å². The first-order valence-corrected chi connectivity index (χ1v) is 10.1. The monoisotopic (exact) mass is 475 g/mol. The first-order chi connectivity index (χ1) is 15.7. The van der Waals surface area contributed by atoms with Gasteiger partial charge in [-0.25, -0.2) is 8.78 Å². The maximum atomic E-state index is 15.0. The zero-order valence-corrected chi connectivity index (χ0v) is 18.2. The number of ether oxygens (including phenoxy) is 1. The molecular weight excluding hydrogens is 458 g/mol. The molecule has 4 rings (SSSR count). The van der Waals surface area contributed by atoms with Gasteiger partial charge in [0, 0.05) is 10.6 Å². The zero-order valence-electron chi connectivity index (χ0n) is 17.5. The number of rotatable bonds is 6. The first kappa shape index (κ1) is 22.7. The van der Waals surface area contributed by atoms with Gasteiger partial charge in [-0.05, 0) is 41.5 Å². The van der Waals surface area contributed by atoms with Crippen molar-refractivity contribution in [2.24, 2.45) is 12.8 Å². The van der Waals surface area contributed by atoms with Crippen LogP contribution in [-0.4, -0.2) is 44.7 Å². The molecule has 2 heterocycles. The van der Waals surface area contributed by atoms with Crippen molar-refractivity contribution < 1.29 is 23.1 Å². The number of carbonyl (C=O) groups is 2. The fraction of sp³-hybridized carbons (Fsp3) is 0.238. The SMILES string of the molecule is C[C@@H](NC(=O)[C]1COC1C(N)=O)c1ccc(-c2cc(Cl)cc(F)c2-c2nnn(C)n2)cc1F. The second-order valence-electron chi connectivity index (χ2n) is 7.46. The third kappa shape index (κ3) is 4.41. The molecule has 0 spiro atoms. The van der Waals surface area contributed by atoms with Crippen LogP contribution < -0.4 is 11.1 Å². The Kier molecular flexibility index (Phi) is 6.09. The van der Waals surface area contributed by atoms with Crippen LogP contribution in [0.5, 0.6) is 0 Å². The molecule has 1 unspecified atom stereocenters. The number of halogens is 3. The molecule has 33 heavy (non-hydrogen) atoms. The molecule has 1 saturated heterocycles. The standard InChI is InChI=1S/C21H18ClF2N6O3/c1-9(26-21(32)14-8-33-18(14)19(25)31)12-4-3-10(5-15(12)23)13-6-11(22)7-16(24)17(13)20-27-29-30(2)28-20/h3-7,9,18H,8H2,1-2H3,(H2,25,31)(H,26,32)/t9-,18?/m1/s1. The molecule has 3 N–H and O–H groups in total. The predicted molar refractivity (Wildman–Crippen MR) is 113 cm³/mol. The number of nitrogens with one attached hydrogen (secondary N) is 1. The summed E-state index contributed by atoms with van der Waals surface area (Å²) in [5.41, 5.74) is 5.99. The molecule has 0 aliphatic carbocycles. The van der Waals surface area contributed by atoms with Gasteiger partial charge in [-0.2, -0.15) is 4.80 Å². The Bertz CT molecular complexity index is 1250. The van der Waals surface area contributed by atoms with E-state index in [1.807, 2.05) is 0 Å².